The van der Waals surface area contributed by atoms with Crippen LogP contribution in [0.25, 0.3) is 0 Å². The van der Waals surface area contributed by atoms with Gasteiger partial charge in [-0.2, -0.15) is 0 Å². The number of halogens is 1. The Morgan fingerprint density at radius 1 is 1.25 bits per heavy atom. The van der Waals surface area contributed by atoms with Crippen LogP contribution in [0.5, 0.6) is 0 Å². The van der Waals surface area contributed by atoms with Gasteiger partial charge in [0.1, 0.15) is 0 Å². The van der Waals surface area contributed by atoms with E-state index in [1.807, 2.05) is 0 Å². The van der Waals surface area contributed by atoms with Crippen molar-refractivity contribution in [2.24, 2.45) is 5.92 Å². The summed E-state index contributed by atoms with van der Waals surface area (Å²) in [5.41, 5.74) is 0. The number of rotatable bonds is 2. The summed E-state index contributed by atoms with van der Waals surface area (Å²) < 4.78 is 5.56. The SMILES string of the molecule is CC1COCC(C)N1CC1CCCNC1.Cl. The number of hydrogen-bond donors (Lipinski definition) is 1. The molecule has 3 atom stereocenters. The van der Waals surface area contributed by atoms with E-state index in [0.717, 1.165) is 19.1 Å². The lowest BCUT2D eigenvalue weighted by atomic mass is 9.97. The predicted molar refractivity (Wildman–Crippen MR) is 69.3 cm³/mol. The molecule has 96 valence electrons. The molecule has 1 N–H and O–H groups in total. The summed E-state index contributed by atoms with van der Waals surface area (Å²) in [5, 5.41) is 3.50. The zero-order valence-corrected chi connectivity index (χ0v) is 11.3. The second-order valence-electron chi connectivity index (χ2n) is 5.14. The van der Waals surface area contributed by atoms with Gasteiger partial charge < -0.3 is 10.1 Å². The highest BCUT2D eigenvalue weighted by atomic mass is 35.5. The molecule has 2 fully saturated rings. The highest BCUT2D eigenvalue weighted by Gasteiger charge is 2.27. The molecular formula is C12H25ClN2O. The first kappa shape index (κ1) is 14.2. The number of morpholine rings is 1. The van der Waals surface area contributed by atoms with Gasteiger partial charge in [-0.3, -0.25) is 4.90 Å². The van der Waals surface area contributed by atoms with Crippen molar-refractivity contribution in [1.29, 1.82) is 0 Å². The molecule has 0 aromatic heterocycles. The largest absolute Gasteiger partial charge is 0.378 e. The number of nitrogens with zero attached hydrogens (tertiary/aromatic N) is 1. The molecule has 2 aliphatic rings. The molecule has 0 spiro atoms. The molecule has 3 unspecified atom stereocenters. The summed E-state index contributed by atoms with van der Waals surface area (Å²) in [7, 11) is 0. The first-order chi connectivity index (χ1) is 7.27. The summed E-state index contributed by atoms with van der Waals surface area (Å²) in [5.74, 6) is 0.849. The van der Waals surface area contributed by atoms with E-state index in [2.05, 4.69) is 24.1 Å². The van der Waals surface area contributed by atoms with Crippen molar-refractivity contribution in [1.82, 2.24) is 10.2 Å². The molecule has 0 aromatic rings. The summed E-state index contributed by atoms with van der Waals surface area (Å²) in [6.07, 6.45) is 2.74. The van der Waals surface area contributed by atoms with Gasteiger partial charge in [-0.25, -0.2) is 0 Å². The van der Waals surface area contributed by atoms with Crippen LogP contribution in [0, 0.1) is 5.92 Å². The third-order valence-electron chi connectivity index (χ3n) is 3.72. The van der Waals surface area contributed by atoms with Gasteiger partial charge in [-0.05, 0) is 45.7 Å². The van der Waals surface area contributed by atoms with Crippen molar-refractivity contribution in [3.8, 4) is 0 Å². The minimum absolute atomic E-state index is 0. The standard InChI is InChI=1S/C12H24N2O.ClH/c1-10-8-15-9-11(2)14(10)7-12-4-3-5-13-6-12;/h10-13H,3-9H2,1-2H3;1H. The molecule has 0 amide bonds. The first-order valence-corrected chi connectivity index (χ1v) is 6.31. The molecule has 2 saturated heterocycles. The van der Waals surface area contributed by atoms with Gasteiger partial charge in [0.25, 0.3) is 0 Å². The van der Waals surface area contributed by atoms with Crippen molar-refractivity contribution in [2.75, 3.05) is 32.8 Å². The van der Waals surface area contributed by atoms with Crippen LogP contribution in [0.2, 0.25) is 0 Å². The zero-order chi connectivity index (χ0) is 10.7. The van der Waals surface area contributed by atoms with E-state index in [1.165, 1.54) is 32.5 Å². The molecule has 2 heterocycles. The highest BCUT2D eigenvalue weighted by Crippen LogP contribution is 2.18. The lowest BCUT2D eigenvalue weighted by Gasteiger charge is -2.41. The van der Waals surface area contributed by atoms with Gasteiger partial charge in [0.05, 0.1) is 13.2 Å². The Balaban J connectivity index is 0.00000128. The average Bonchev–Trinajstić information content (AvgIpc) is 2.25. The Morgan fingerprint density at radius 2 is 1.94 bits per heavy atom. The van der Waals surface area contributed by atoms with Gasteiger partial charge >= 0.3 is 0 Å². The van der Waals surface area contributed by atoms with E-state index in [0.29, 0.717) is 12.1 Å². The van der Waals surface area contributed by atoms with Gasteiger partial charge in [0.2, 0.25) is 0 Å². The Morgan fingerprint density at radius 3 is 2.50 bits per heavy atom. The van der Waals surface area contributed by atoms with Gasteiger partial charge in [0.15, 0.2) is 0 Å². The minimum atomic E-state index is 0. The lowest BCUT2D eigenvalue weighted by Crippen LogP contribution is -2.52. The quantitative estimate of drug-likeness (QED) is 0.802. The average molecular weight is 249 g/mol. The zero-order valence-electron chi connectivity index (χ0n) is 10.4. The second-order valence-corrected chi connectivity index (χ2v) is 5.14. The maximum atomic E-state index is 5.56. The molecule has 0 aliphatic carbocycles. The van der Waals surface area contributed by atoms with Crippen molar-refractivity contribution in [3.05, 3.63) is 0 Å². The molecule has 0 saturated carbocycles. The Bertz CT molecular complexity index is 187. The minimum Gasteiger partial charge on any atom is -0.378 e. The van der Waals surface area contributed by atoms with Crippen molar-refractivity contribution < 1.29 is 4.74 Å². The Hall–Kier alpha value is 0.170. The van der Waals surface area contributed by atoms with E-state index < -0.39 is 0 Å². The van der Waals surface area contributed by atoms with Crippen molar-refractivity contribution >= 4 is 12.4 Å². The molecule has 0 aromatic carbocycles. The molecule has 2 rings (SSSR count). The monoisotopic (exact) mass is 248 g/mol. The van der Waals surface area contributed by atoms with Crippen LogP contribution in [0.1, 0.15) is 26.7 Å². The fourth-order valence-corrected chi connectivity index (χ4v) is 2.77. The smallest absolute Gasteiger partial charge is 0.0620 e. The first-order valence-electron chi connectivity index (χ1n) is 6.31. The van der Waals surface area contributed by atoms with Gasteiger partial charge in [-0.1, -0.05) is 0 Å². The van der Waals surface area contributed by atoms with Crippen LogP contribution >= 0.6 is 12.4 Å². The number of hydrogen-bond acceptors (Lipinski definition) is 3. The fourth-order valence-electron chi connectivity index (χ4n) is 2.77. The van der Waals surface area contributed by atoms with Gasteiger partial charge in [0, 0.05) is 18.6 Å². The van der Waals surface area contributed by atoms with E-state index in [9.17, 15) is 0 Å². The number of piperidine rings is 1. The van der Waals surface area contributed by atoms with Crippen molar-refractivity contribution in [2.45, 2.75) is 38.8 Å². The van der Waals surface area contributed by atoms with Crippen LogP contribution in [0.15, 0.2) is 0 Å². The maximum Gasteiger partial charge on any atom is 0.0620 e. The molecule has 0 bridgehead atoms. The predicted octanol–water partition coefficient (Wildman–Crippen LogP) is 1.52. The van der Waals surface area contributed by atoms with Crippen LogP contribution in [0.4, 0.5) is 0 Å². The summed E-state index contributed by atoms with van der Waals surface area (Å²) in [4.78, 5) is 2.63. The molecule has 4 heteroatoms. The van der Waals surface area contributed by atoms with Crippen LogP contribution in [-0.2, 0) is 4.74 Å². The molecule has 3 nitrogen and oxygen atoms in total. The third kappa shape index (κ3) is 3.59. The van der Waals surface area contributed by atoms with Crippen LogP contribution < -0.4 is 5.32 Å². The summed E-state index contributed by atoms with van der Waals surface area (Å²) in [6, 6.07) is 1.19. The van der Waals surface area contributed by atoms with Gasteiger partial charge in [-0.15, -0.1) is 12.4 Å². The molecular weight excluding hydrogens is 224 g/mol. The molecule has 0 radical (unpaired) electrons. The van der Waals surface area contributed by atoms with Crippen LogP contribution in [-0.4, -0.2) is 49.8 Å². The number of ether oxygens (including phenoxy) is 1. The van der Waals surface area contributed by atoms with E-state index in [-0.39, 0.29) is 12.4 Å². The molecule has 16 heavy (non-hydrogen) atoms. The second kappa shape index (κ2) is 6.80. The normalized spacial score (nSPS) is 36.8. The lowest BCUT2D eigenvalue weighted by molar-refractivity contribution is -0.0443. The fraction of sp³-hybridized carbons (Fsp3) is 1.00. The van der Waals surface area contributed by atoms with E-state index in [4.69, 9.17) is 4.74 Å². The number of nitrogens with one attached hydrogen (secondary N) is 1. The topological polar surface area (TPSA) is 24.5 Å². The highest BCUT2D eigenvalue weighted by molar-refractivity contribution is 5.85. The van der Waals surface area contributed by atoms with Crippen LogP contribution in [0.3, 0.4) is 0 Å². The third-order valence-corrected chi connectivity index (χ3v) is 3.72. The van der Waals surface area contributed by atoms with E-state index >= 15 is 0 Å². The Kier molecular flexibility index (Phi) is 6.05. The maximum absolute atomic E-state index is 5.56. The Labute approximate surface area is 105 Å². The van der Waals surface area contributed by atoms with E-state index in [1.54, 1.807) is 0 Å². The summed E-state index contributed by atoms with van der Waals surface area (Å²) >= 11 is 0. The summed E-state index contributed by atoms with van der Waals surface area (Å²) in [6.45, 7) is 10.0. The van der Waals surface area contributed by atoms with Crippen molar-refractivity contribution in [3.63, 3.8) is 0 Å². The molecule has 2 aliphatic heterocycles.